The topological polar surface area (TPSA) is 38.8 Å². The first-order valence-electron chi connectivity index (χ1n) is 9.81. The van der Waals surface area contributed by atoms with Crippen LogP contribution in [0.2, 0.25) is 0 Å². The van der Waals surface area contributed by atoms with Crippen molar-refractivity contribution in [1.82, 2.24) is 4.90 Å². The lowest BCUT2D eigenvalue weighted by Gasteiger charge is -2.24. The zero-order valence-corrected chi connectivity index (χ0v) is 16.1. The molecule has 144 valence electrons. The molecule has 0 radical (unpaired) electrons. The lowest BCUT2D eigenvalue weighted by atomic mass is 10.1. The zero-order valence-electron chi connectivity index (χ0n) is 16.1. The van der Waals surface area contributed by atoms with Crippen LogP contribution in [0, 0.1) is 0 Å². The molecule has 0 bridgehead atoms. The average Bonchev–Trinajstić information content (AvgIpc) is 3.15. The van der Waals surface area contributed by atoms with Gasteiger partial charge in [-0.1, -0.05) is 42.5 Å². The summed E-state index contributed by atoms with van der Waals surface area (Å²) in [7, 11) is 1.44. The molecule has 1 heterocycles. The van der Waals surface area contributed by atoms with E-state index in [9.17, 15) is 4.79 Å². The molecule has 0 aliphatic carbocycles. The van der Waals surface area contributed by atoms with Crippen molar-refractivity contribution in [2.24, 2.45) is 0 Å². The minimum Gasteiger partial charge on any atom is -0.492 e. The standard InChI is InChI=1S/C23H29NO3/c1-26-23(25)10-6-16-24-15-5-9-21(24)18-27-22-13-11-20(12-14-22)17-19-7-3-2-4-8-19/h2-4,7-8,11-14,21H,5-6,9-10,15-18H2,1H3/t21-/m0/s1. The molecule has 0 saturated carbocycles. The van der Waals surface area contributed by atoms with E-state index in [4.69, 9.17) is 9.47 Å². The van der Waals surface area contributed by atoms with Crippen molar-refractivity contribution in [2.75, 3.05) is 26.8 Å². The number of rotatable bonds is 9. The molecular weight excluding hydrogens is 338 g/mol. The van der Waals surface area contributed by atoms with Gasteiger partial charge >= 0.3 is 5.97 Å². The molecule has 1 aliphatic heterocycles. The largest absolute Gasteiger partial charge is 0.492 e. The van der Waals surface area contributed by atoms with Gasteiger partial charge in [0.2, 0.25) is 0 Å². The fraction of sp³-hybridized carbons (Fsp3) is 0.435. The van der Waals surface area contributed by atoms with Crippen LogP contribution in [0.1, 0.15) is 36.8 Å². The van der Waals surface area contributed by atoms with Crippen molar-refractivity contribution >= 4 is 5.97 Å². The summed E-state index contributed by atoms with van der Waals surface area (Å²) in [5.41, 5.74) is 2.61. The lowest BCUT2D eigenvalue weighted by Crippen LogP contribution is -2.35. The Hall–Kier alpha value is -2.33. The molecule has 4 nitrogen and oxygen atoms in total. The van der Waals surface area contributed by atoms with E-state index >= 15 is 0 Å². The minimum absolute atomic E-state index is 0.127. The first-order chi connectivity index (χ1) is 13.2. The zero-order chi connectivity index (χ0) is 18.9. The highest BCUT2D eigenvalue weighted by Gasteiger charge is 2.24. The molecule has 1 fully saturated rings. The Balaban J connectivity index is 1.44. The van der Waals surface area contributed by atoms with E-state index in [1.165, 1.54) is 24.7 Å². The number of carbonyl (C=O) groups is 1. The molecule has 2 aromatic rings. The van der Waals surface area contributed by atoms with E-state index in [2.05, 4.69) is 53.4 Å². The van der Waals surface area contributed by atoms with E-state index in [1.807, 2.05) is 6.07 Å². The number of esters is 1. The van der Waals surface area contributed by atoms with E-state index < -0.39 is 0 Å². The van der Waals surface area contributed by atoms with Crippen molar-refractivity contribution < 1.29 is 14.3 Å². The number of hydrogen-bond donors (Lipinski definition) is 0. The van der Waals surface area contributed by atoms with E-state index in [0.29, 0.717) is 19.1 Å². The third kappa shape index (κ3) is 6.10. The monoisotopic (exact) mass is 367 g/mol. The summed E-state index contributed by atoms with van der Waals surface area (Å²) in [5.74, 6) is 0.797. The fourth-order valence-corrected chi connectivity index (χ4v) is 3.63. The second-order valence-electron chi connectivity index (χ2n) is 7.13. The Morgan fingerprint density at radius 2 is 1.81 bits per heavy atom. The van der Waals surface area contributed by atoms with Gasteiger partial charge in [0, 0.05) is 12.5 Å². The van der Waals surface area contributed by atoms with E-state index in [1.54, 1.807) is 0 Å². The van der Waals surface area contributed by atoms with Gasteiger partial charge in [0.25, 0.3) is 0 Å². The number of methoxy groups -OCH3 is 1. The second-order valence-corrected chi connectivity index (χ2v) is 7.13. The maximum atomic E-state index is 11.3. The molecule has 0 aromatic heterocycles. The quantitative estimate of drug-likeness (QED) is 0.626. The van der Waals surface area contributed by atoms with Gasteiger partial charge in [0.1, 0.15) is 12.4 Å². The molecule has 3 rings (SSSR count). The van der Waals surface area contributed by atoms with Crippen LogP contribution in [0.3, 0.4) is 0 Å². The maximum Gasteiger partial charge on any atom is 0.305 e. The highest BCUT2D eigenvalue weighted by Crippen LogP contribution is 2.21. The molecule has 2 aromatic carbocycles. The minimum atomic E-state index is -0.127. The molecule has 1 atom stereocenters. The molecule has 4 heteroatoms. The number of carbonyl (C=O) groups excluding carboxylic acids is 1. The smallest absolute Gasteiger partial charge is 0.305 e. The number of hydrogen-bond acceptors (Lipinski definition) is 4. The van der Waals surface area contributed by atoms with Gasteiger partial charge in [-0.25, -0.2) is 0 Å². The molecule has 0 N–H and O–H groups in total. The van der Waals surface area contributed by atoms with Crippen LogP contribution in [0.4, 0.5) is 0 Å². The predicted octanol–water partition coefficient (Wildman–Crippen LogP) is 4.07. The van der Waals surface area contributed by atoms with Crippen molar-refractivity contribution in [3.05, 3.63) is 65.7 Å². The first kappa shape index (κ1) is 19.4. The van der Waals surface area contributed by atoms with Crippen LogP contribution in [0.15, 0.2) is 54.6 Å². The highest BCUT2D eigenvalue weighted by molar-refractivity contribution is 5.69. The number of benzene rings is 2. The summed E-state index contributed by atoms with van der Waals surface area (Å²) in [6, 6.07) is 19.4. The van der Waals surface area contributed by atoms with E-state index in [0.717, 1.165) is 38.1 Å². The Bertz CT molecular complexity index is 699. The molecule has 0 amide bonds. The van der Waals surface area contributed by atoms with Crippen LogP contribution < -0.4 is 4.74 Å². The Labute approximate surface area is 162 Å². The summed E-state index contributed by atoms with van der Waals surface area (Å²) < 4.78 is 10.8. The van der Waals surface area contributed by atoms with Crippen LogP contribution in [0.25, 0.3) is 0 Å². The molecule has 1 aliphatic rings. The second kappa shape index (κ2) is 10.1. The van der Waals surface area contributed by atoms with Gasteiger partial charge in [-0.05, 0) is 62.0 Å². The Morgan fingerprint density at radius 1 is 1.07 bits per heavy atom. The summed E-state index contributed by atoms with van der Waals surface area (Å²) in [6.45, 7) is 2.72. The molecular formula is C23H29NO3. The highest BCUT2D eigenvalue weighted by atomic mass is 16.5. The third-order valence-electron chi connectivity index (χ3n) is 5.17. The van der Waals surface area contributed by atoms with Crippen molar-refractivity contribution in [1.29, 1.82) is 0 Å². The molecule has 0 spiro atoms. The predicted molar refractivity (Wildman–Crippen MR) is 107 cm³/mol. The average molecular weight is 367 g/mol. The summed E-state index contributed by atoms with van der Waals surface area (Å²) in [5, 5.41) is 0. The summed E-state index contributed by atoms with van der Waals surface area (Å²) in [6.07, 6.45) is 4.63. The number of nitrogens with zero attached hydrogens (tertiary/aromatic N) is 1. The van der Waals surface area contributed by atoms with Gasteiger partial charge in [-0.3, -0.25) is 9.69 Å². The number of likely N-dealkylation sites (tertiary alicyclic amines) is 1. The van der Waals surface area contributed by atoms with Crippen molar-refractivity contribution in [3.8, 4) is 5.75 Å². The summed E-state index contributed by atoms with van der Waals surface area (Å²) in [4.78, 5) is 13.7. The normalized spacial score (nSPS) is 17.0. The van der Waals surface area contributed by atoms with Crippen molar-refractivity contribution in [3.63, 3.8) is 0 Å². The van der Waals surface area contributed by atoms with Crippen LogP contribution >= 0.6 is 0 Å². The maximum absolute atomic E-state index is 11.3. The third-order valence-corrected chi connectivity index (χ3v) is 5.17. The van der Waals surface area contributed by atoms with Gasteiger partial charge in [0.05, 0.1) is 7.11 Å². The SMILES string of the molecule is COC(=O)CCCN1CCC[C@H]1COc1ccc(Cc2ccccc2)cc1. The number of ether oxygens (including phenoxy) is 2. The fourth-order valence-electron chi connectivity index (χ4n) is 3.63. The first-order valence-corrected chi connectivity index (χ1v) is 9.81. The Kier molecular flexibility index (Phi) is 7.28. The molecule has 0 unspecified atom stereocenters. The molecule has 1 saturated heterocycles. The van der Waals surface area contributed by atoms with E-state index in [-0.39, 0.29) is 5.97 Å². The Morgan fingerprint density at radius 3 is 2.56 bits per heavy atom. The summed E-state index contributed by atoms with van der Waals surface area (Å²) >= 11 is 0. The van der Waals surface area contributed by atoms with Crippen LogP contribution in [-0.4, -0.2) is 43.7 Å². The van der Waals surface area contributed by atoms with Crippen molar-refractivity contribution in [2.45, 2.75) is 38.1 Å². The van der Waals surface area contributed by atoms with Gasteiger partial charge < -0.3 is 9.47 Å². The van der Waals surface area contributed by atoms with Gasteiger partial charge in [0.15, 0.2) is 0 Å². The lowest BCUT2D eigenvalue weighted by molar-refractivity contribution is -0.140. The van der Waals surface area contributed by atoms with Crippen LogP contribution in [-0.2, 0) is 16.0 Å². The van der Waals surface area contributed by atoms with Gasteiger partial charge in [-0.2, -0.15) is 0 Å². The van der Waals surface area contributed by atoms with Gasteiger partial charge in [-0.15, -0.1) is 0 Å². The van der Waals surface area contributed by atoms with Crippen LogP contribution in [0.5, 0.6) is 5.75 Å². The molecule has 27 heavy (non-hydrogen) atoms.